The molecule has 10 heteroatoms. The van der Waals surface area contributed by atoms with Crippen LogP contribution in [0.2, 0.25) is 0 Å². The quantitative estimate of drug-likeness (QED) is 0.425. The van der Waals surface area contributed by atoms with Gasteiger partial charge in [0.05, 0.1) is 28.2 Å². The van der Waals surface area contributed by atoms with E-state index in [9.17, 15) is 9.18 Å². The third-order valence-electron chi connectivity index (χ3n) is 5.25. The van der Waals surface area contributed by atoms with Gasteiger partial charge >= 0.3 is 0 Å². The Hall–Kier alpha value is -2.59. The molecule has 0 aliphatic heterocycles. The molecule has 1 aliphatic carbocycles. The number of aromatic amines is 1. The topological polar surface area (TPSA) is 83.6 Å². The maximum absolute atomic E-state index is 15.2. The van der Waals surface area contributed by atoms with Crippen LogP contribution in [-0.2, 0) is 11.2 Å². The average molecular weight is 446 g/mol. The Labute approximate surface area is 178 Å². The van der Waals surface area contributed by atoms with Gasteiger partial charge in [0.15, 0.2) is 5.13 Å². The minimum absolute atomic E-state index is 0.261. The number of anilines is 1. The van der Waals surface area contributed by atoms with Crippen LogP contribution in [0.5, 0.6) is 0 Å². The molecule has 0 spiro atoms. The van der Waals surface area contributed by atoms with Crippen molar-refractivity contribution in [2.45, 2.75) is 30.8 Å². The number of thioether (sulfide) groups is 1. The number of H-pyrrole nitrogens is 1. The van der Waals surface area contributed by atoms with Crippen molar-refractivity contribution in [2.75, 3.05) is 11.6 Å². The van der Waals surface area contributed by atoms with Gasteiger partial charge in [-0.25, -0.2) is 18.7 Å². The van der Waals surface area contributed by atoms with Crippen LogP contribution >= 0.6 is 23.1 Å². The maximum atomic E-state index is 15.2. The number of amides is 1. The number of rotatable bonds is 5. The smallest absolute Gasteiger partial charge is 0.232 e. The molecule has 0 bridgehead atoms. The lowest BCUT2D eigenvalue weighted by Crippen LogP contribution is -2.14. The lowest BCUT2D eigenvalue weighted by Gasteiger charge is -2.13. The molecule has 0 unspecified atom stereocenters. The molecule has 154 valence electrons. The third kappa shape index (κ3) is 3.05. The summed E-state index contributed by atoms with van der Waals surface area (Å²) in [4.78, 5) is 22.2. The van der Waals surface area contributed by atoms with E-state index in [1.54, 1.807) is 18.3 Å². The highest BCUT2D eigenvalue weighted by atomic mass is 32.2. The van der Waals surface area contributed by atoms with Gasteiger partial charge in [0.1, 0.15) is 22.3 Å². The number of carbonyl (C=O) groups excluding carboxylic acids is 1. The first-order valence-corrected chi connectivity index (χ1v) is 11.5. The summed E-state index contributed by atoms with van der Waals surface area (Å²) in [7, 11) is 0. The standard InChI is InChI=1S/C20H17F2N5OS2/c1-3-8-14(10-7-23-27-16(10)17(29-2)15(8)22)12-4-5-13-19(24-12)30-20(25-13)26-18(28)9-6-11(9)21/h4-5,7,9,11H,3,6H2,1-2H3,(H,23,27)(H,25,26,28)/t9-,11+/m1/s1. The summed E-state index contributed by atoms with van der Waals surface area (Å²) in [5, 5.41) is 10.9. The van der Waals surface area contributed by atoms with E-state index in [-0.39, 0.29) is 18.1 Å². The molecule has 30 heavy (non-hydrogen) atoms. The Balaban J connectivity index is 1.60. The Kier molecular flexibility index (Phi) is 4.70. The first kappa shape index (κ1) is 19.4. The lowest BCUT2D eigenvalue weighted by molar-refractivity contribution is -0.117. The predicted octanol–water partition coefficient (Wildman–Crippen LogP) is 4.95. The number of halogens is 2. The molecular formula is C20H17F2N5OS2. The largest absolute Gasteiger partial charge is 0.302 e. The van der Waals surface area contributed by atoms with E-state index >= 15 is 4.39 Å². The molecular weight excluding hydrogens is 428 g/mol. The van der Waals surface area contributed by atoms with Crippen LogP contribution in [0, 0.1) is 11.7 Å². The molecule has 6 nitrogen and oxygen atoms in total. The summed E-state index contributed by atoms with van der Waals surface area (Å²) >= 11 is 2.56. The van der Waals surface area contributed by atoms with E-state index in [1.807, 2.05) is 13.2 Å². The molecule has 2 atom stereocenters. The first-order valence-electron chi connectivity index (χ1n) is 9.46. The number of fused-ring (bicyclic) bond motifs is 2. The zero-order valence-corrected chi connectivity index (χ0v) is 17.8. The lowest BCUT2D eigenvalue weighted by atomic mass is 9.97. The highest BCUT2D eigenvalue weighted by Gasteiger charge is 2.43. The molecule has 1 aliphatic rings. The third-order valence-corrected chi connectivity index (χ3v) is 6.92. The van der Waals surface area contributed by atoms with Gasteiger partial charge in [-0.05, 0) is 36.8 Å². The van der Waals surface area contributed by atoms with Crippen molar-refractivity contribution in [1.29, 1.82) is 0 Å². The SMILES string of the molecule is CCc1c(F)c(SC)c2[nH]ncc2c1-c1ccc2nc(NC(=O)[C@@H]3C[C@@H]3F)sc2n1. The zero-order chi connectivity index (χ0) is 21.0. The van der Waals surface area contributed by atoms with Crippen LogP contribution in [-0.4, -0.2) is 38.5 Å². The number of aromatic nitrogens is 4. The fourth-order valence-electron chi connectivity index (χ4n) is 3.63. The van der Waals surface area contributed by atoms with Crippen molar-refractivity contribution in [2.24, 2.45) is 5.92 Å². The van der Waals surface area contributed by atoms with Crippen molar-refractivity contribution in [3.63, 3.8) is 0 Å². The summed E-state index contributed by atoms with van der Waals surface area (Å²) in [5.41, 5.74) is 3.17. The number of nitrogens with zero attached hydrogens (tertiary/aromatic N) is 3. The Bertz CT molecular complexity index is 1300. The van der Waals surface area contributed by atoms with E-state index in [0.29, 0.717) is 49.1 Å². The second-order valence-electron chi connectivity index (χ2n) is 7.10. The molecule has 2 N–H and O–H groups in total. The molecule has 3 heterocycles. The minimum Gasteiger partial charge on any atom is -0.302 e. The van der Waals surface area contributed by atoms with E-state index in [4.69, 9.17) is 4.98 Å². The van der Waals surface area contributed by atoms with E-state index < -0.39 is 12.1 Å². The summed E-state index contributed by atoms with van der Waals surface area (Å²) in [5.74, 6) is -1.20. The molecule has 1 aromatic carbocycles. The number of alkyl halides is 1. The van der Waals surface area contributed by atoms with Gasteiger partial charge in [0.2, 0.25) is 5.91 Å². The molecule has 5 rings (SSSR count). The van der Waals surface area contributed by atoms with Gasteiger partial charge in [-0.1, -0.05) is 18.3 Å². The number of thiazole rings is 1. The predicted molar refractivity (Wildman–Crippen MR) is 115 cm³/mol. The van der Waals surface area contributed by atoms with Gasteiger partial charge in [-0.2, -0.15) is 5.10 Å². The minimum atomic E-state index is -1.06. The van der Waals surface area contributed by atoms with Crippen molar-refractivity contribution in [3.8, 4) is 11.3 Å². The Morgan fingerprint density at radius 2 is 2.20 bits per heavy atom. The van der Waals surface area contributed by atoms with Crippen LogP contribution in [0.3, 0.4) is 0 Å². The number of hydrogen-bond donors (Lipinski definition) is 2. The molecule has 3 aromatic heterocycles. The van der Waals surface area contributed by atoms with Gasteiger partial charge in [-0.3, -0.25) is 9.89 Å². The highest BCUT2D eigenvalue weighted by molar-refractivity contribution is 7.98. The van der Waals surface area contributed by atoms with E-state index in [1.165, 1.54) is 23.1 Å². The molecule has 1 amide bonds. The number of pyridine rings is 1. The van der Waals surface area contributed by atoms with Crippen LogP contribution in [0.1, 0.15) is 18.9 Å². The van der Waals surface area contributed by atoms with Crippen LogP contribution in [0.4, 0.5) is 13.9 Å². The Morgan fingerprint density at radius 1 is 1.40 bits per heavy atom. The highest BCUT2D eigenvalue weighted by Crippen LogP contribution is 2.40. The van der Waals surface area contributed by atoms with Crippen LogP contribution in [0.15, 0.2) is 23.2 Å². The summed E-state index contributed by atoms with van der Waals surface area (Å²) < 4.78 is 28.3. The number of nitrogens with one attached hydrogen (secondary N) is 2. The summed E-state index contributed by atoms with van der Waals surface area (Å²) in [6.07, 6.45) is 3.23. The maximum Gasteiger partial charge on any atom is 0.232 e. The fourth-order valence-corrected chi connectivity index (χ4v) is 5.13. The van der Waals surface area contributed by atoms with Gasteiger partial charge in [0.25, 0.3) is 0 Å². The normalized spacial score (nSPS) is 18.3. The monoisotopic (exact) mass is 445 g/mol. The number of hydrogen-bond acceptors (Lipinski definition) is 6. The fraction of sp³-hybridized carbons (Fsp3) is 0.300. The van der Waals surface area contributed by atoms with Crippen molar-refractivity contribution >= 4 is 55.4 Å². The summed E-state index contributed by atoms with van der Waals surface area (Å²) in [6, 6.07) is 3.59. The van der Waals surface area contributed by atoms with Gasteiger partial charge in [-0.15, -0.1) is 11.8 Å². The van der Waals surface area contributed by atoms with Crippen LogP contribution in [0.25, 0.3) is 32.5 Å². The van der Waals surface area contributed by atoms with Crippen LogP contribution < -0.4 is 5.32 Å². The second kappa shape index (κ2) is 7.28. The molecule has 1 fully saturated rings. The first-order chi connectivity index (χ1) is 14.5. The second-order valence-corrected chi connectivity index (χ2v) is 8.89. The zero-order valence-electron chi connectivity index (χ0n) is 16.1. The van der Waals surface area contributed by atoms with Crippen molar-refractivity contribution < 1.29 is 13.6 Å². The van der Waals surface area contributed by atoms with Crippen molar-refractivity contribution in [1.82, 2.24) is 20.2 Å². The molecule has 4 aromatic rings. The van der Waals surface area contributed by atoms with Gasteiger partial charge in [0, 0.05) is 10.9 Å². The van der Waals surface area contributed by atoms with Crippen molar-refractivity contribution in [3.05, 3.63) is 29.7 Å². The van der Waals surface area contributed by atoms with E-state index in [2.05, 4.69) is 20.5 Å². The number of benzene rings is 1. The summed E-state index contributed by atoms with van der Waals surface area (Å²) in [6.45, 7) is 1.91. The Morgan fingerprint density at radius 3 is 2.90 bits per heavy atom. The van der Waals surface area contributed by atoms with Gasteiger partial charge < -0.3 is 5.32 Å². The molecule has 0 radical (unpaired) electrons. The average Bonchev–Trinajstić information content (AvgIpc) is 3.12. The molecule has 0 saturated heterocycles. The number of carbonyl (C=O) groups is 1. The van der Waals surface area contributed by atoms with E-state index in [0.717, 1.165) is 5.39 Å². The molecule has 1 saturated carbocycles.